The summed E-state index contributed by atoms with van der Waals surface area (Å²) in [5.41, 5.74) is 6.70. The molecule has 5 heteroatoms. The third-order valence-electron chi connectivity index (χ3n) is 5.72. The number of halogens is 1. The second-order valence-electron chi connectivity index (χ2n) is 7.25. The molecule has 0 saturated heterocycles. The Labute approximate surface area is 153 Å². The van der Waals surface area contributed by atoms with Crippen LogP contribution in [0, 0.1) is 0 Å². The van der Waals surface area contributed by atoms with Gasteiger partial charge in [-0.15, -0.1) is 11.6 Å². The van der Waals surface area contributed by atoms with Crippen molar-refractivity contribution < 1.29 is 4.79 Å². The maximum absolute atomic E-state index is 12.6. The molecule has 0 N–H and O–H groups in total. The van der Waals surface area contributed by atoms with E-state index in [0.29, 0.717) is 6.54 Å². The Bertz CT molecular complexity index is 798. The van der Waals surface area contributed by atoms with E-state index in [-0.39, 0.29) is 17.8 Å². The summed E-state index contributed by atoms with van der Waals surface area (Å²) < 4.78 is 1.94. The SMILES string of the molecule is Cn1ncc2c1CC(N(Cc1ccc3c(c1)CCC3)C(=O)CCl)CC2. The number of aryl methyl sites for hydroxylation is 4. The van der Waals surface area contributed by atoms with E-state index in [9.17, 15) is 4.79 Å². The van der Waals surface area contributed by atoms with Crippen molar-refractivity contribution >= 4 is 17.5 Å². The van der Waals surface area contributed by atoms with Crippen molar-refractivity contribution in [1.82, 2.24) is 14.7 Å². The van der Waals surface area contributed by atoms with Gasteiger partial charge in [-0.05, 0) is 54.4 Å². The largest absolute Gasteiger partial charge is 0.334 e. The Morgan fingerprint density at radius 1 is 1.28 bits per heavy atom. The Morgan fingerprint density at radius 2 is 2.12 bits per heavy atom. The van der Waals surface area contributed by atoms with Gasteiger partial charge >= 0.3 is 0 Å². The lowest BCUT2D eigenvalue weighted by Crippen LogP contribution is -2.43. The highest BCUT2D eigenvalue weighted by molar-refractivity contribution is 6.27. The van der Waals surface area contributed by atoms with Crippen LogP contribution in [0.15, 0.2) is 24.4 Å². The predicted octanol–water partition coefficient (Wildman–Crippen LogP) is 3.03. The van der Waals surface area contributed by atoms with Crippen molar-refractivity contribution in [1.29, 1.82) is 0 Å². The quantitative estimate of drug-likeness (QED) is 0.789. The number of hydrogen-bond donors (Lipinski definition) is 0. The average molecular weight is 358 g/mol. The number of carbonyl (C=O) groups is 1. The highest BCUT2D eigenvalue weighted by Crippen LogP contribution is 2.27. The van der Waals surface area contributed by atoms with Crippen LogP contribution < -0.4 is 0 Å². The van der Waals surface area contributed by atoms with E-state index in [1.54, 1.807) is 0 Å². The molecular weight excluding hydrogens is 334 g/mol. The summed E-state index contributed by atoms with van der Waals surface area (Å²) in [6.45, 7) is 0.649. The van der Waals surface area contributed by atoms with Gasteiger partial charge < -0.3 is 4.90 Å². The van der Waals surface area contributed by atoms with Crippen molar-refractivity contribution in [2.75, 3.05) is 5.88 Å². The molecule has 1 heterocycles. The first-order valence-electron chi connectivity index (χ1n) is 9.11. The first-order chi connectivity index (χ1) is 12.2. The van der Waals surface area contributed by atoms with Crippen LogP contribution in [-0.2, 0) is 44.1 Å². The molecule has 1 atom stereocenters. The highest BCUT2D eigenvalue weighted by atomic mass is 35.5. The van der Waals surface area contributed by atoms with E-state index in [0.717, 1.165) is 25.7 Å². The van der Waals surface area contributed by atoms with Gasteiger partial charge in [0, 0.05) is 31.7 Å². The van der Waals surface area contributed by atoms with Crippen LogP contribution in [0.25, 0.3) is 0 Å². The first kappa shape index (κ1) is 16.6. The molecule has 25 heavy (non-hydrogen) atoms. The number of aromatic nitrogens is 2. The fraction of sp³-hybridized carbons (Fsp3) is 0.500. The average Bonchev–Trinajstić information content (AvgIpc) is 3.25. The van der Waals surface area contributed by atoms with E-state index < -0.39 is 0 Å². The van der Waals surface area contributed by atoms with Gasteiger partial charge in [0.2, 0.25) is 5.91 Å². The van der Waals surface area contributed by atoms with Crippen molar-refractivity contribution in [2.24, 2.45) is 7.05 Å². The topological polar surface area (TPSA) is 38.1 Å². The molecule has 4 rings (SSSR count). The standard InChI is InChI=1S/C20H24ClN3O/c1-23-19-10-18(8-7-17(19)12-22-23)24(20(25)11-21)13-14-5-6-15-3-2-4-16(15)9-14/h5-6,9,12,18H,2-4,7-8,10-11,13H2,1H3. The van der Waals surface area contributed by atoms with Crippen molar-refractivity contribution in [3.8, 4) is 0 Å². The maximum Gasteiger partial charge on any atom is 0.238 e. The highest BCUT2D eigenvalue weighted by Gasteiger charge is 2.29. The number of alkyl halides is 1. The minimum absolute atomic E-state index is 0.0257. The Hall–Kier alpha value is -1.81. The second kappa shape index (κ2) is 6.83. The molecule has 0 radical (unpaired) electrons. The number of hydrogen-bond acceptors (Lipinski definition) is 2. The molecule has 1 unspecified atom stereocenters. The maximum atomic E-state index is 12.6. The number of carbonyl (C=O) groups excluding carboxylic acids is 1. The van der Waals surface area contributed by atoms with Gasteiger partial charge in [-0.3, -0.25) is 9.48 Å². The van der Waals surface area contributed by atoms with Gasteiger partial charge in [-0.2, -0.15) is 5.10 Å². The molecule has 0 aliphatic heterocycles. The van der Waals surface area contributed by atoms with Crippen LogP contribution in [0.2, 0.25) is 0 Å². The summed E-state index contributed by atoms with van der Waals surface area (Å²) in [6.07, 6.45) is 8.37. The molecule has 1 aromatic carbocycles. The van der Waals surface area contributed by atoms with Gasteiger partial charge in [-0.25, -0.2) is 0 Å². The van der Waals surface area contributed by atoms with Gasteiger partial charge in [0.15, 0.2) is 0 Å². The number of rotatable bonds is 4. The van der Waals surface area contributed by atoms with Crippen LogP contribution in [0.3, 0.4) is 0 Å². The first-order valence-corrected chi connectivity index (χ1v) is 9.65. The minimum atomic E-state index is 0.0257. The van der Waals surface area contributed by atoms with Crippen LogP contribution >= 0.6 is 11.6 Å². The van der Waals surface area contributed by atoms with Crippen LogP contribution in [-0.4, -0.2) is 32.5 Å². The molecule has 132 valence electrons. The molecule has 2 aliphatic carbocycles. The molecule has 0 bridgehead atoms. The zero-order chi connectivity index (χ0) is 17.4. The summed E-state index contributed by atoms with van der Waals surface area (Å²) in [6, 6.07) is 6.90. The third kappa shape index (κ3) is 3.20. The van der Waals surface area contributed by atoms with E-state index in [1.807, 2.05) is 22.8 Å². The van der Waals surface area contributed by atoms with Gasteiger partial charge in [-0.1, -0.05) is 18.2 Å². The summed E-state index contributed by atoms with van der Waals surface area (Å²) in [5, 5.41) is 4.37. The van der Waals surface area contributed by atoms with E-state index in [2.05, 4.69) is 23.3 Å². The lowest BCUT2D eigenvalue weighted by Gasteiger charge is -2.34. The Kier molecular flexibility index (Phi) is 4.55. The second-order valence-corrected chi connectivity index (χ2v) is 7.52. The Balaban J connectivity index is 1.57. The molecule has 1 aromatic heterocycles. The Morgan fingerprint density at radius 3 is 2.96 bits per heavy atom. The van der Waals surface area contributed by atoms with Crippen LogP contribution in [0.1, 0.15) is 40.8 Å². The molecule has 4 nitrogen and oxygen atoms in total. The van der Waals surface area contributed by atoms with Crippen LogP contribution in [0.4, 0.5) is 0 Å². The number of nitrogens with zero attached hydrogens (tertiary/aromatic N) is 3. The van der Waals surface area contributed by atoms with E-state index in [1.165, 1.54) is 40.8 Å². The molecule has 2 aliphatic rings. The third-order valence-corrected chi connectivity index (χ3v) is 5.94. The summed E-state index contributed by atoms with van der Waals surface area (Å²) in [7, 11) is 1.98. The minimum Gasteiger partial charge on any atom is -0.334 e. The number of amides is 1. The van der Waals surface area contributed by atoms with E-state index >= 15 is 0 Å². The molecule has 2 aromatic rings. The van der Waals surface area contributed by atoms with Crippen molar-refractivity contribution in [3.63, 3.8) is 0 Å². The zero-order valence-corrected chi connectivity index (χ0v) is 15.4. The molecular formula is C20H24ClN3O. The van der Waals surface area contributed by atoms with Crippen molar-refractivity contribution in [3.05, 3.63) is 52.3 Å². The smallest absolute Gasteiger partial charge is 0.238 e. The fourth-order valence-corrected chi connectivity index (χ4v) is 4.47. The number of benzene rings is 1. The summed E-state index contributed by atoms with van der Waals surface area (Å²) >= 11 is 5.93. The monoisotopic (exact) mass is 357 g/mol. The predicted molar refractivity (Wildman–Crippen MR) is 98.8 cm³/mol. The normalized spacial score (nSPS) is 18.7. The van der Waals surface area contributed by atoms with Gasteiger partial charge in [0.1, 0.15) is 5.88 Å². The zero-order valence-electron chi connectivity index (χ0n) is 14.7. The molecule has 0 spiro atoms. The van der Waals surface area contributed by atoms with Crippen molar-refractivity contribution in [2.45, 2.75) is 51.1 Å². The summed E-state index contributed by atoms with van der Waals surface area (Å²) in [5.74, 6) is 0.0671. The fourth-order valence-electron chi connectivity index (χ4n) is 4.31. The lowest BCUT2D eigenvalue weighted by atomic mass is 9.92. The van der Waals surface area contributed by atoms with E-state index in [4.69, 9.17) is 11.6 Å². The molecule has 0 fully saturated rings. The summed E-state index contributed by atoms with van der Waals surface area (Å²) in [4.78, 5) is 14.5. The van der Waals surface area contributed by atoms with Crippen LogP contribution in [0.5, 0.6) is 0 Å². The number of fused-ring (bicyclic) bond motifs is 2. The molecule has 0 saturated carbocycles. The molecule has 1 amide bonds. The van der Waals surface area contributed by atoms with Gasteiger partial charge in [0.05, 0.1) is 6.20 Å². The lowest BCUT2D eigenvalue weighted by molar-refractivity contribution is -0.131. The van der Waals surface area contributed by atoms with Gasteiger partial charge in [0.25, 0.3) is 0 Å².